The summed E-state index contributed by atoms with van der Waals surface area (Å²) in [6.07, 6.45) is 0.487. The second kappa shape index (κ2) is 7.41. The molecule has 1 aromatic rings. The van der Waals surface area contributed by atoms with Gasteiger partial charge in [-0.05, 0) is 18.4 Å². The number of carbonyl (C=O) groups is 1. The Balaban J connectivity index is 1.75. The van der Waals surface area contributed by atoms with E-state index in [1.54, 1.807) is 0 Å². The van der Waals surface area contributed by atoms with Gasteiger partial charge in [0.15, 0.2) is 0 Å². The van der Waals surface area contributed by atoms with E-state index in [0.29, 0.717) is 25.5 Å². The number of hydrogen-bond acceptors (Lipinski definition) is 3. The van der Waals surface area contributed by atoms with Crippen molar-refractivity contribution in [2.24, 2.45) is 0 Å². The molecule has 0 saturated carbocycles. The summed E-state index contributed by atoms with van der Waals surface area (Å²) in [6, 6.07) is 8.59. The average Bonchev–Trinajstić information content (AvgIpc) is 2.46. The molecule has 4 nitrogen and oxygen atoms in total. The van der Waals surface area contributed by atoms with E-state index in [-0.39, 0.29) is 11.9 Å². The molecule has 1 aromatic carbocycles. The Bertz CT molecular complexity index is 442. The number of carbonyl (C=O) groups excluding carboxylic acids is 1. The first-order chi connectivity index (χ1) is 9.65. The molecule has 0 bridgehead atoms. The molecule has 0 spiro atoms. The zero-order valence-corrected chi connectivity index (χ0v) is 12.3. The zero-order valence-electron chi connectivity index (χ0n) is 12.3. The van der Waals surface area contributed by atoms with Crippen molar-refractivity contribution in [1.82, 2.24) is 10.6 Å². The zero-order chi connectivity index (χ0) is 14.4. The van der Waals surface area contributed by atoms with Crippen molar-refractivity contribution >= 4 is 5.91 Å². The maximum atomic E-state index is 11.9. The Hall–Kier alpha value is -1.39. The van der Waals surface area contributed by atoms with Gasteiger partial charge in [-0.1, -0.05) is 36.8 Å². The Kier molecular flexibility index (Phi) is 5.56. The number of ether oxygens (including phenoxy) is 1. The topological polar surface area (TPSA) is 50.4 Å². The molecule has 1 aliphatic heterocycles. The number of rotatable bonds is 5. The van der Waals surface area contributed by atoms with Gasteiger partial charge < -0.3 is 15.4 Å². The molecule has 0 radical (unpaired) electrons. The maximum Gasteiger partial charge on any atom is 0.221 e. The number of nitrogens with one attached hydrogen (secondary N) is 2. The van der Waals surface area contributed by atoms with Crippen LogP contribution in [0.4, 0.5) is 0 Å². The Morgan fingerprint density at radius 2 is 2.40 bits per heavy atom. The Labute approximate surface area is 120 Å². The third-order valence-electron chi connectivity index (χ3n) is 3.65. The van der Waals surface area contributed by atoms with Gasteiger partial charge in [0.05, 0.1) is 13.2 Å². The quantitative estimate of drug-likeness (QED) is 0.859. The van der Waals surface area contributed by atoms with Gasteiger partial charge in [-0.25, -0.2) is 0 Å². The number of hydrogen-bond donors (Lipinski definition) is 2. The van der Waals surface area contributed by atoms with E-state index in [0.717, 1.165) is 13.2 Å². The van der Waals surface area contributed by atoms with Crippen LogP contribution in [0.5, 0.6) is 0 Å². The molecule has 20 heavy (non-hydrogen) atoms. The summed E-state index contributed by atoms with van der Waals surface area (Å²) in [5.74, 6) is 0.418. The summed E-state index contributed by atoms with van der Waals surface area (Å²) in [5, 5.41) is 6.30. The van der Waals surface area contributed by atoms with Crippen LogP contribution in [0.25, 0.3) is 0 Å². The summed E-state index contributed by atoms with van der Waals surface area (Å²) in [4.78, 5) is 11.9. The van der Waals surface area contributed by atoms with Gasteiger partial charge in [0, 0.05) is 25.6 Å². The highest BCUT2D eigenvalue weighted by molar-refractivity contribution is 5.76. The fourth-order valence-electron chi connectivity index (χ4n) is 2.41. The van der Waals surface area contributed by atoms with Crippen LogP contribution in [0.3, 0.4) is 0 Å². The van der Waals surface area contributed by atoms with E-state index in [9.17, 15) is 4.79 Å². The summed E-state index contributed by atoms with van der Waals surface area (Å²) < 4.78 is 5.35. The van der Waals surface area contributed by atoms with Crippen LogP contribution >= 0.6 is 0 Å². The lowest BCUT2D eigenvalue weighted by atomic mass is 9.99. The molecule has 0 aliphatic carbocycles. The minimum absolute atomic E-state index is 0.0903. The van der Waals surface area contributed by atoms with Crippen LogP contribution in [0.15, 0.2) is 24.3 Å². The van der Waals surface area contributed by atoms with Crippen LogP contribution in [0.1, 0.15) is 30.4 Å². The highest BCUT2D eigenvalue weighted by Crippen LogP contribution is 2.15. The average molecular weight is 276 g/mol. The lowest BCUT2D eigenvalue weighted by molar-refractivity contribution is -0.122. The summed E-state index contributed by atoms with van der Waals surface area (Å²) in [6.45, 7) is 7.09. The van der Waals surface area contributed by atoms with Gasteiger partial charge in [-0.3, -0.25) is 4.79 Å². The maximum absolute atomic E-state index is 11.9. The third-order valence-corrected chi connectivity index (χ3v) is 3.65. The second-order valence-corrected chi connectivity index (χ2v) is 5.55. The fourth-order valence-corrected chi connectivity index (χ4v) is 2.41. The Morgan fingerprint density at radius 1 is 1.55 bits per heavy atom. The third kappa shape index (κ3) is 4.62. The number of morpholine rings is 1. The second-order valence-electron chi connectivity index (χ2n) is 5.55. The fraction of sp³-hybridized carbons (Fsp3) is 0.562. The van der Waals surface area contributed by atoms with Gasteiger partial charge in [0.25, 0.3) is 0 Å². The molecule has 2 unspecified atom stereocenters. The number of aryl methyl sites for hydroxylation is 1. The highest BCUT2D eigenvalue weighted by atomic mass is 16.5. The van der Waals surface area contributed by atoms with E-state index in [1.807, 2.05) is 0 Å². The van der Waals surface area contributed by atoms with Crippen LogP contribution in [0.2, 0.25) is 0 Å². The molecule has 2 atom stereocenters. The van der Waals surface area contributed by atoms with Gasteiger partial charge in [0.1, 0.15) is 0 Å². The van der Waals surface area contributed by atoms with Gasteiger partial charge in [-0.15, -0.1) is 0 Å². The van der Waals surface area contributed by atoms with Crippen LogP contribution in [-0.2, 0) is 9.53 Å². The van der Waals surface area contributed by atoms with E-state index in [4.69, 9.17) is 4.74 Å². The molecule has 1 fully saturated rings. The molecule has 1 amide bonds. The molecule has 2 rings (SSSR count). The van der Waals surface area contributed by atoms with Crippen molar-refractivity contribution in [3.05, 3.63) is 35.4 Å². The largest absolute Gasteiger partial charge is 0.378 e. The summed E-state index contributed by atoms with van der Waals surface area (Å²) >= 11 is 0. The predicted octanol–water partition coefficient (Wildman–Crippen LogP) is 1.59. The minimum atomic E-state index is 0.0903. The van der Waals surface area contributed by atoms with Crippen molar-refractivity contribution in [3.8, 4) is 0 Å². The lowest BCUT2D eigenvalue weighted by Crippen LogP contribution is -2.44. The molecule has 4 heteroatoms. The van der Waals surface area contributed by atoms with Crippen LogP contribution in [-0.4, -0.2) is 38.3 Å². The number of benzene rings is 1. The predicted molar refractivity (Wildman–Crippen MR) is 79.8 cm³/mol. The SMILES string of the molecule is Cc1cccc(C(C)CNC(=O)CC2COCCN2)c1. The van der Waals surface area contributed by atoms with E-state index in [2.05, 4.69) is 48.7 Å². The molecule has 0 aromatic heterocycles. The summed E-state index contributed by atoms with van der Waals surface area (Å²) in [5.41, 5.74) is 2.52. The van der Waals surface area contributed by atoms with Gasteiger partial charge >= 0.3 is 0 Å². The van der Waals surface area contributed by atoms with Crippen LogP contribution < -0.4 is 10.6 Å². The highest BCUT2D eigenvalue weighted by Gasteiger charge is 2.17. The van der Waals surface area contributed by atoms with Crippen molar-refractivity contribution in [2.75, 3.05) is 26.3 Å². The minimum Gasteiger partial charge on any atom is -0.378 e. The van der Waals surface area contributed by atoms with Gasteiger partial charge in [0.2, 0.25) is 5.91 Å². The summed E-state index contributed by atoms with van der Waals surface area (Å²) in [7, 11) is 0. The van der Waals surface area contributed by atoms with Crippen molar-refractivity contribution in [3.63, 3.8) is 0 Å². The van der Waals surface area contributed by atoms with Crippen molar-refractivity contribution < 1.29 is 9.53 Å². The first-order valence-corrected chi connectivity index (χ1v) is 7.29. The van der Waals surface area contributed by atoms with Gasteiger partial charge in [-0.2, -0.15) is 0 Å². The Morgan fingerprint density at radius 3 is 3.10 bits per heavy atom. The molecule has 1 heterocycles. The van der Waals surface area contributed by atoms with Crippen molar-refractivity contribution in [2.45, 2.75) is 32.2 Å². The molecule has 1 saturated heterocycles. The van der Waals surface area contributed by atoms with Crippen LogP contribution in [0, 0.1) is 6.92 Å². The molecule has 2 N–H and O–H groups in total. The first-order valence-electron chi connectivity index (χ1n) is 7.29. The monoisotopic (exact) mass is 276 g/mol. The molecular weight excluding hydrogens is 252 g/mol. The first kappa shape index (κ1) is 15.0. The lowest BCUT2D eigenvalue weighted by Gasteiger charge is -2.23. The normalized spacial score (nSPS) is 20.4. The molecular formula is C16H24N2O2. The molecule has 1 aliphatic rings. The van der Waals surface area contributed by atoms with Crippen molar-refractivity contribution in [1.29, 1.82) is 0 Å². The molecule has 110 valence electrons. The van der Waals surface area contributed by atoms with E-state index in [1.165, 1.54) is 11.1 Å². The standard InChI is InChI=1S/C16H24N2O2/c1-12-4-3-5-14(8-12)13(2)10-18-16(19)9-15-11-20-7-6-17-15/h3-5,8,13,15,17H,6-7,9-11H2,1-2H3,(H,18,19). The van der Waals surface area contributed by atoms with E-state index >= 15 is 0 Å². The smallest absolute Gasteiger partial charge is 0.221 e. The number of amides is 1. The van der Waals surface area contributed by atoms with E-state index < -0.39 is 0 Å².